The minimum Gasteiger partial charge on any atom is -0.494 e. The number of carbonyl (C=O) groups is 2. The zero-order chi connectivity index (χ0) is 27.0. The minimum absolute atomic E-state index is 0.0715. The Morgan fingerprint density at radius 2 is 1.92 bits per heavy atom. The van der Waals surface area contributed by atoms with Crippen molar-refractivity contribution in [3.8, 4) is 17.0 Å². The van der Waals surface area contributed by atoms with Crippen LogP contribution in [0.15, 0.2) is 42.5 Å². The molecule has 2 amide bonds. The molecule has 1 atom stereocenters. The Hall–Kier alpha value is -3.73. The summed E-state index contributed by atoms with van der Waals surface area (Å²) in [6, 6.07) is 11.2. The van der Waals surface area contributed by atoms with E-state index < -0.39 is 38.8 Å². The number of nitrogens with one attached hydrogen (secondary N) is 2. The van der Waals surface area contributed by atoms with Crippen molar-refractivity contribution in [2.24, 2.45) is 0 Å². The molecule has 0 unspecified atom stereocenters. The molecule has 0 saturated heterocycles. The molecular formula is C26H29FN4O5S. The number of nitrogens with zero attached hydrogens (tertiary/aromatic N) is 2. The molecule has 37 heavy (non-hydrogen) atoms. The van der Waals surface area contributed by atoms with Gasteiger partial charge in [-0.3, -0.25) is 14.3 Å². The molecule has 4 rings (SSSR count). The normalized spacial score (nSPS) is 17.2. The van der Waals surface area contributed by atoms with Gasteiger partial charge < -0.3 is 15.4 Å². The van der Waals surface area contributed by atoms with E-state index in [4.69, 9.17) is 4.74 Å². The molecule has 2 N–H and O–H groups in total. The summed E-state index contributed by atoms with van der Waals surface area (Å²) < 4.78 is 44.1. The maximum Gasteiger partial charge on any atom is 0.272 e. The summed E-state index contributed by atoms with van der Waals surface area (Å²) in [6.45, 7) is 6.60. The second-order valence-corrected chi connectivity index (χ2v) is 11.4. The number of sulfone groups is 1. The molecule has 0 saturated carbocycles. The molecule has 0 aliphatic carbocycles. The zero-order valence-corrected chi connectivity index (χ0v) is 21.9. The fourth-order valence-corrected chi connectivity index (χ4v) is 5.16. The van der Waals surface area contributed by atoms with Crippen LogP contribution in [0.3, 0.4) is 0 Å². The smallest absolute Gasteiger partial charge is 0.272 e. The lowest BCUT2D eigenvalue weighted by atomic mass is 9.85. The first-order valence-corrected chi connectivity index (χ1v) is 13.9. The van der Waals surface area contributed by atoms with Crippen LogP contribution in [0.1, 0.15) is 42.4 Å². The van der Waals surface area contributed by atoms with Crippen LogP contribution in [0.4, 0.5) is 10.1 Å². The summed E-state index contributed by atoms with van der Waals surface area (Å²) in [5, 5.41) is 10.2. The number of fused-ring (bicyclic) bond motifs is 1. The van der Waals surface area contributed by atoms with Crippen molar-refractivity contribution in [1.29, 1.82) is 0 Å². The SMILES string of the molecule is CCOc1ccc([C@@]2(C)Cn3nc(-c4ccc(F)cc4)c(NC(=O)CS(C)(=O)=O)c3C(=O)N2)c(CC)c1. The second kappa shape index (κ2) is 9.97. The molecule has 1 aliphatic rings. The summed E-state index contributed by atoms with van der Waals surface area (Å²) >= 11 is 0. The van der Waals surface area contributed by atoms with Crippen molar-refractivity contribution in [3.05, 3.63) is 65.1 Å². The molecule has 2 heterocycles. The van der Waals surface area contributed by atoms with Gasteiger partial charge in [0.1, 0.15) is 28.7 Å². The lowest BCUT2D eigenvalue weighted by Crippen LogP contribution is -2.52. The third-order valence-electron chi connectivity index (χ3n) is 6.16. The first-order valence-electron chi connectivity index (χ1n) is 11.9. The number of carbonyl (C=O) groups excluding carboxylic acids is 2. The number of halogens is 1. The number of amides is 2. The average molecular weight is 529 g/mol. The van der Waals surface area contributed by atoms with Crippen LogP contribution in [-0.4, -0.2) is 48.6 Å². The van der Waals surface area contributed by atoms with E-state index in [-0.39, 0.29) is 23.6 Å². The predicted octanol–water partition coefficient (Wildman–Crippen LogP) is 3.29. The molecule has 11 heteroatoms. The van der Waals surface area contributed by atoms with Gasteiger partial charge in [0.2, 0.25) is 5.91 Å². The highest BCUT2D eigenvalue weighted by atomic mass is 32.2. The highest BCUT2D eigenvalue weighted by molar-refractivity contribution is 7.91. The third kappa shape index (κ3) is 5.51. The van der Waals surface area contributed by atoms with Gasteiger partial charge in [-0.25, -0.2) is 12.8 Å². The summed E-state index contributed by atoms with van der Waals surface area (Å²) in [6.07, 6.45) is 1.66. The number of ether oxygens (including phenoxy) is 1. The van der Waals surface area contributed by atoms with Gasteiger partial charge in [0.05, 0.1) is 18.7 Å². The first-order chi connectivity index (χ1) is 17.4. The van der Waals surface area contributed by atoms with Crippen LogP contribution in [0, 0.1) is 5.82 Å². The maximum absolute atomic E-state index is 13.6. The van der Waals surface area contributed by atoms with E-state index in [0.29, 0.717) is 18.6 Å². The second-order valence-electron chi connectivity index (χ2n) is 9.25. The van der Waals surface area contributed by atoms with E-state index in [1.54, 1.807) is 0 Å². The van der Waals surface area contributed by atoms with Crippen molar-refractivity contribution >= 4 is 27.3 Å². The summed E-state index contributed by atoms with van der Waals surface area (Å²) in [5.74, 6) is -1.76. The molecule has 0 fully saturated rings. The predicted molar refractivity (Wildman–Crippen MR) is 138 cm³/mol. The summed E-state index contributed by atoms with van der Waals surface area (Å²) in [4.78, 5) is 26.0. The number of hydrogen-bond acceptors (Lipinski definition) is 6. The van der Waals surface area contributed by atoms with Gasteiger partial charge in [0, 0.05) is 11.8 Å². The van der Waals surface area contributed by atoms with Crippen molar-refractivity contribution < 1.29 is 27.1 Å². The van der Waals surface area contributed by atoms with Crippen molar-refractivity contribution in [2.75, 3.05) is 23.9 Å². The van der Waals surface area contributed by atoms with Gasteiger partial charge in [0.25, 0.3) is 5.91 Å². The Kier molecular flexibility index (Phi) is 7.09. The molecule has 0 bridgehead atoms. The molecule has 0 spiro atoms. The fourth-order valence-electron chi connectivity index (χ4n) is 4.61. The molecule has 1 aliphatic heterocycles. The van der Waals surface area contributed by atoms with E-state index in [0.717, 1.165) is 23.1 Å². The van der Waals surface area contributed by atoms with Crippen LogP contribution in [0.5, 0.6) is 5.75 Å². The van der Waals surface area contributed by atoms with Gasteiger partial charge in [-0.2, -0.15) is 5.10 Å². The van der Waals surface area contributed by atoms with Crippen LogP contribution in [0.2, 0.25) is 0 Å². The van der Waals surface area contributed by atoms with Gasteiger partial charge in [-0.05, 0) is 67.8 Å². The number of aryl methyl sites for hydroxylation is 1. The highest BCUT2D eigenvalue weighted by Gasteiger charge is 2.40. The molecule has 9 nitrogen and oxygen atoms in total. The number of aromatic nitrogens is 2. The number of anilines is 1. The van der Waals surface area contributed by atoms with Crippen LogP contribution < -0.4 is 15.4 Å². The number of hydrogen-bond donors (Lipinski definition) is 2. The largest absolute Gasteiger partial charge is 0.494 e. The fraction of sp³-hybridized carbons (Fsp3) is 0.346. The Bertz CT molecular complexity index is 1470. The quantitative estimate of drug-likeness (QED) is 0.463. The molecule has 1 aromatic heterocycles. The number of benzene rings is 2. The zero-order valence-electron chi connectivity index (χ0n) is 21.1. The molecule has 3 aromatic rings. The highest BCUT2D eigenvalue weighted by Crippen LogP contribution is 2.38. The van der Waals surface area contributed by atoms with Gasteiger partial charge in [0.15, 0.2) is 15.5 Å². The Balaban J connectivity index is 1.81. The van der Waals surface area contributed by atoms with E-state index >= 15 is 0 Å². The van der Waals surface area contributed by atoms with E-state index in [1.165, 1.54) is 28.9 Å². The van der Waals surface area contributed by atoms with Crippen molar-refractivity contribution in [1.82, 2.24) is 15.1 Å². The first kappa shape index (κ1) is 26.3. The van der Waals surface area contributed by atoms with E-state index in [2.05, 4.69) is 15.7 Å². The Morgan fingerprint density at radius 3 is 2.54 bits per heavy atom. The Morgan fingerprint density at radius 1 is 1.22 bits per heavy atom. The minimum atomic E-state index is -3.61. The lowest BCUT2D eigenvalue weighted by molar-refractivity contribution is -0.113. The van der Waals surface area contributed by atoms with Crippen LogP contribution >= 0.6 is 0 Å². The van der Waals surface area contributed by atoms with E-state index in [1.807, 2.05) is 39.0 Å². The molecule has 2 aromatic carbocycles. The summed E-state index contributed by atoms with van der Waals surface area (Å²) in [7, 11) is -3.61. The standard InChI is InChI=1S/C26H29FN4O5S/c1-5-16-13-19(36-6-2)11-12-20(16)26(3)15-31-24(25(33)29-26)23(28-21(32)14-37(4,34)35)22(30-31)17-7-9-18(27)10-8-17/h7-13H,5-6,14-15H2,1-4H3,(H,28,32)(H,29,33)/t26-/m1/s1. The topological polar surface area (TPSA) is 119 Å². The molecular weight excluding hydrogens is 499 g/mol. The molecule has 0 radical (unpaired) electrons. The lowest BCUT2D eigenvalue weighted by Gasteiger charge is -2.37. The number of rotatable bonds is 8. The summed E-state index contributed by atoms with van der Waals surface area (Å²) in [5.41, 5.74) is 1.93. The maximum atomic E-state index is 13.6. The van der Waals surface area contributed by atoms with Gasteiger partial charge >= 0.3 is 0 Å². The van der Waals surface area contributed by atoms with Gasteiger partial charge in [-0.1, -0.05) is 13.0 Å². The van der Waals surface area contributed by atoms with Crippen LogP contribution in [0.25, 0.3) is 11.3 Å². The third-order valence-corrected chi connectivity index (χ3v) is 6.95. The van der Waals surface area contributed by atoms with Gasteiger partial charge in [-0.15, -0.1) is 0 Å². The van der Waals surface area contributed by atoms with Crippen molar-refractivity contribution in [2.45, 2.75) is 39.3 Å². The average Bonchev–Trinajstić information content (AvgIpc) is 3.16. The molecule has 196 valence electrons. The Labute approximate surface area is 214 Å². The van der Waals surface area contributed by atoms with Crippen LogP contribution in [-0.2, 0) is 33.1 Å². The van der Waals surface area contributed by atoms with E-state index in [9.17, 15) is 22.4 Å². The monoisotopic (exact) mass is 528 g/mol. The van der Waals surface area contributed by atoms with Crippen molar-refractivity contribution in [3.63, 3.8) is 0 Å².